The van der Waals surface area contributed by atoms with E-state index >= 15 is 0 Å². The van der Waals surface area contributed by atoms with Crippen molar-refractivity contribution in [3.05, 3.63) is 173 Å². The number of carbonyl (C=O) groups is 1. The molecule has 10 nitrogen and oxygen atoms in total. The van der Waals surface area contributed by atoms with Gasteiger partial charge in [0.25, 0.3) is 0 Å². The molecule has 1 saturated heterocycles. The SMILES string of the molecule is Cc1ccc(S(=O)(=O)N[C@H](Cc2ccccc2)C(=O)NCc2cccc(-c3cccc([C@H]4O[C@@H](CSc5nccn5C)C[C@@H](c5ccc(CO)cc5)O4)c3)c2)cc1. The largest absolute Gasteiger partial charge is 0.392 e. The highest BCUT2D eigenvalue weighted by atomic mass is 32.2. The second kappa shape index (κ2) is 18.5. The Labute approximate surface area is 338 Å². The average molecular weight is 803 g/mol. The van der Waals surface area contributed by atoms with E-state index in [1.165, 1.54) is 0 Å². The normalized spacial score (nSPS) is 17.6. The van der Waals surface area contributed by atoms with Crippen LogP contribution in [-0.4, -0.2) is 46.9 Å². The molecule has 0 radical (unpaired) electrons. The molecule has 1 aliphatic rings. The van der Waals surface area contributed by atoms with Gasteiger partial charge in [-0.25, -0.2) is 13.4 Å². The van der Waals surface area contributed by atoms with Crippen LogP contribution in [0.3, 0.4) is 0 Å². The van der Waals surface area contributed by atoms with E-state index < -0.39 is 28.3 Å². The lowest BCUT2D eigenvalue weighted by Crippen LogP contribution is -2.47. The number of aryl methyl sites for hydroxylation is 2. The summed E-state index contributed by atoms with van der Waals surface area (Å²) in [7, 11) is -1.99. The maximum absolute atomic E-state index is 13.7. The molecule has 0 spiro atoms. The van der Waals surface area contributed by atoms with Gasteiger partial charge in [0, 0.05) is 43.7 Å². The van der Waals surface area contributed by atoms with Crippen molar-refractivity contribution in [1.29, 1.82) is 0 Å². The summed E-state index contributed by atoms with van der Waals surface area (Å²) in [6, 6.07) is 38.7. The number of amides is 1. The number of benzene rings is 5. The monoisotopic (exact) mass is 802 g/mol. The Balaban J connectivity index is 1.06. The van der Waals surface area contributed by atoms with Crippen LogP contribution in [0.25, 0.3) is 11.1 Å². The first-order valence-electron chi connectivity index (χ1n) is 18.8. The minimum atomic E-state index is -3.97. The van der Waals surface area contributed by atoms with Gasteiger partial charge in [-0.1, -0.05) is 120 Å². The van der Waals surface area contributed by atoms with Crippen LogP contribution < -0.4 is 10.0 Å². The molecule has 0 aliphatic carbocycles. The Hall–Kier alpha value is -5.08. The van der Waals surface area contributed by atoms with Crippen LogP contribution in [0, 0.1) is 6.92 Å². The Morgan fingerprint density at radius 3 is 2.30 bits per heavy atom. The summed E-state index contributed by atoms with van der Waals surface area (Å²) < 4.78 is 44.6. The quantitative estimate of drug-likeness (QED) is 0.0915. The first kappa shape index (κ1) is 40.1. The van der Waals surface area contributed by atoms with E-state index in [1.54, 1.807) is 42.2 Å². The van der Waals surface area contributed by atoms with E-state index in [0.29, 0.717) is 12.2 Å². The molecule has 57 heavy (non-hydrogen) atoms. The van der Waals surface area contributed by atoms with Crippen molar-refractivity contribution < 1.29 is 27.8 Å². The highest BCUT2D eigenvalue weighted by Crippen LogP contribution is 2.40. The van der Waals surface area contributed by atoms with Crippen molar-refractivity contribution in [3.8, 4) is 11.1 Å². The average Bonchev–Trinajstić information content (AvgIpc) is 3.66. The van der Waals surface area contributed by atoms with E-state index in [-0.39, 0.29) is 36.7 Å². The molecule has 1 fully saturated rings. The van der Waals surface area contributed by atoms with Gasteiger partial charge in [-0.2, -0.15) is 4.72 Å². The van der Waals surface area contributed by atoms with Crippen LogP contribution in [0.5, 0.6) is 0 Å². The Morgan fingerprint density at radius 2 is 1.58 bits per heavy atom. The van der Waals surface area contributed by atoms with Gasteiger partial charge in [-0.15, -0.1) is 0 Å². The molecule has 5 aromatic carbocycles. The zero-order chi connectivity index (χ0) is 39.8. The second-order valence-corrected chi connectivity index (χ2v) is 16.9. The lowest BCUT2D eigenvalue weighted by atomic mass is 9.99. The van der Waals surface area contributed by atoms with Crippen molar-refractivity contribution in [2.24, 2.45) is 7.05 Å². The van der Waals surface area contributed by atoms with Crippen LogP contribution >= 0.6 is 11.8 Å². The summed E-state index contributed by atoms with van der Waals surface area (Å²) in [4.78, 5) is 18.3. The highest BCUT2D eigenvalue weighted by molar-refractivity contribution is 7.99. The first-order chi connectivity index (χ1) is 27.6. The number of imidazole rings is 1. The lowest BCUT2D eigenvalue weighted by Gasteiger charge is -2.36. The molecule has 0 bridgehead atoms. The minimum absolute atomic E-state index is 0.0221. The second-order valence-electron chi connectivity index (χ2n) is 14.2. The summed E-state index contributed by atoms with van der Waals surface area (Å²) in [5, 5.41) is 13.5. The van der Waals surface area contributed by atoms with Crippen molar-refractivity contribution in [3.63, 3.8) is 0 Å². The molecule has 2 heterocycles. The molecule has 4 atom stereocenters. The van der Waals surface area contributed by atoms with Crippen molar-refractivity contribution in [2.75, 3.05) is 5.75 Å². The maximum atomic E-state index is 13.7. The predicted octanol–water partition coefficient (Wildman–Crippen LogP) is 7.43. The molecule has 294 valence electrons. The van der Waals surface area contributed by atoms with Gasteiger partial charge in [0.2, 0.25) is 15.9 Å². The van der Waals surface area contributed by atoms with Gasteiger partial charge in [-0.3, -0.25) is 4.79 Å². The van der Waals surface area contributed by atoms with E-state index in [9.17, 15) is 18.3 Å². The summed E-state index contributed by atoms with van der Waals surface area (Å²) in [6.07, 6.45) is 3.61. The van der Waals surface area contributed by atoms with E-state index in [2.05, 4.69) is 21.1 Å². The Morgan fingerprint density at radius 1 is 0.860 bits per heavy atom. The number of aliphatic hydroxyl groups excluding tert-OH is 1. The molecule has 12 heteroatoms. The fraction of sp³-hybridized carbons (Fsp3) is 0.244. The third-order valence-electron chi connectivity index (χ3n) is 9.90. The van der Waals surface area contributed by atoms with E-state index in [1.807, 2.05) is 122 Å². The molecule has 7 rings (SSSR count). The fourth-order valence-electron chi connectivity index (χ4n) is 6.73. The summed E-state index contributed by atoms with van der Waals surface area (Å²) in [5.41, 5.74) is 7.26. The number of hydrogen-bond donors (Lipinski definition) is 3. The molecule has 1 aliphatic heterocycles. The molecule has 0 saturated carbocycles. The number of ether oxygens (including phenoxy) is 2. The van der Waals surface area contributed by atoms with Crippen LogP contribution in [0.2, 0.25) is 0 Å². The van der Waals surface area contributed by atoms with E-state index in [4.69, 9.17) is 9.47 Å². The van der Waals surface area contributed by atoms with Crippen LogP contribution in [-0.2, 0) is 50.9 Å². The van der Waals surface area contributed by atoms with Crippen LogP contribution in [0.15, 0.2) is 150 Å². The van der Waals surface area contributed by atoms with Gasteiger partial charge in [0.1, 0.15) is 6.04 Å². The molecule has 1 amide bonds. The number of aliphatic hydroxyl groups is 1. The lowest BCUT2D eigenvalue weighted by molar-refractivity contribution is -0.245. The Kier molecular flexibility index (Phi) is 13.0. The van der Waals surface area contributed by atoms with Gasteiger partial charge in [0.05, 0.1) is 23.7 Å². The smallest absolute Gasteiger partial charge is 0.241 e. The number of hydrogen-bond acceptors (Lipinski definition) is 8. The number of nitrogens with zero attached hydrogens (tertiary/aromatic N) is 2. The maximum Gasteiger partial charge on any atom is 0.241 e. The minimum Gasteiger partial charge on any atom is -0.392 e. The summed E-state index contributed by atoms with van der Waals surface area (Å²) in [6.45, 7) is 2.06. The predicted molar refractivity (Wildman–Crippen MR) is 222 cm³/mol. The number of aromatic nitrogens is 2. The molecule has 6 aromatic rings. The van der Waals surface area contributed by atoms with E-state index in [0.717, 1.165) is 49.7 Å². The third kappa shape index (κ3) is 10.5. The highest BCUT2D eigenvalue weighted by Gasteiger charge is 2.33. The number of carbonyl (C=O) groups excluding carboxylic acids is 1. The molecular formula is C45H46N4O6S2. The molecule has 3 N–H and O–H groups in total. The van der Waals surface area contributed by atoms with Crippen molar-refractivity contribution >= 4 is 27.7 Å². The standard InChI is InChI=1S/C45H46N4O6S2/c1-31-14-20-40(21-15-31)57(52,53)48-41(25-32-8-4-3-5-9-32)43(51)47-28-34-10-6-11-36(24-34)37-12-7-13-38(26-37)44-54-39(30-56-45-46-22-23-49(45)2)27-42(55-44)35-18-16-33(29-50)17-19-35/h3-24,26,39,41-42,44,48,50H,25,27-30H2,1-2H3,(H,47,51)/t39-,41-,42+,44+/m1/s1. The fourth-order valence-corrected chi connectivity index (χ4v) is 8.87. The molecule has 0 unspecified atom stereocenters. The van der Waals surface area contributed by atoms with Crippen LogP contribution in [0.4, 0.5) is 0 Å². The zero-order valence-corrected chi connectivity index (χ0v) is 33.5. The van der Waals surface area contributed by atoms with Crippen molar-refractivity contribution in [1.82, 2.24) is 19.6 Å². The Bertz CT molecular complexity index is 2370. The number of nitrogens with one attached hydrogen (secondary N) is 2. The van der Waals surface area contributed by atoms with Crippen LogP contribution in [0.1, 0.15) is 52.2 Å². The first-order valence-corrected chi connectivity index (χ1v) is 21.3. The third-order valence-corrected chi connectivity index (χ3v) is 12.6. The summed E-state index contributed by atoms with van der Waals surface area (Å²) >= 11 is 1.65. The zero-order valence-electron chi connectivity index (χ0n) is 31.8. The number of sulfonamides is 1. The van der Waals surface area contributed by atoms with Gasteiger partial charge in [-0.05, 0) is 71.0 Å². The molecular weight excluding hydrogens is 757 g/mol. The molecule has 1 aromatic heterocycles. The van der Waals surface area contributed by atoms with Crippen molar-refractivity contribution in [2.45, 2.75) is 67.5 Å². The van der Waals surface area contributed by atoms with Gasteiger partial charge >= 0.3 is 0 Å². The topological polar surface area (TPSA) is 132 Å². The van der Waals surface area contributed by atoms with Gasteiger partial charge < -0.3 is 24.5 Å². The number of rotatable bonds is 15. The van der Waals surface area contributed by atoms with Gasteiger partial charge in [0.15, 0.2) is 11.4 Å². The summed E-state index contributed by atoms with van der Waals surface area (Å²) in [5.74, 6) is 0.271. The number of thioether (sulfide) groups is 1.